The molecule has 0 spiro atoms. The molecule has 0 bridgehead atoms. The number of halogens is 1. The maximum Gasteiger partial charge on any atom is 0.340 e. The third-order valence-corrected chi connectivity index (χ3v) is 3.08. The van der Waals surface area contributed by atoms with Crippen molar-refractivity contribution >= 4 is 39.3 Å². The van der Waals surface area contributed by atoms with E-state index in [1.54, 1.807) is 13.0 Å². The van der Waals surface area contributed by atoms with Crippen LogP contribution < -0.4 is 0 Å². The molecule has 1 rings (SSSR count). The number of azide groups is 1. The van der Waals surface area contributed by atoms with Crippen LogP contribution in [0.5, 0.6) is 0 Å². The van der Waals surface area contributed by atoms with Crippen molar-refractivity contribution in [2.45, 2.75) is 6.92 Å². The van der Waals surface area contributed by atoms with Crippen molar-refractivity contribution in [2.75, 3.05) is 6.61 Å². The number of carbonyl (C=O) groups is 1. The second-order valence-electron chi connectivity index (χ2n) is 2.58. The molecular weight excluding hydrogens is 294 g/mol. The molecule has 5 nitrogen and oxygen atoms in total. The fourth-order valence-corrected chi connectivity index (χ4v) is 2.28. The first-order valence-electron chi connectivity index (χ1n) is 4.36. The van der Waals surface area contributed by atoms with Gasteiger partial charge in [0.1, 0.15) is 5.70 Å². The first kappa shape index (κ1) is 12.8. The van der Waals surface area contributed by atoms with Crippen LogP contribution in [0.2, 0.25) is 0 Å². The van der Waals surface area contributed by atoms with E-state index in [0.29, 0.717) is 0 Å². The SMILES string of the molecule is CCOC(=O)/C(=C/c1ccc(Br)s1)N=[N+]=[N-]. The summed E-state index contributed by atoms with van der Waals surface area (Å²) in [5.41, 5.74) is 8.30. The molecule has 0 radical (unpaired) electrons. The Hall–Kier alpha value is -1.30. The van der Waals surface area contributed by atoms with Gasteiger partial charge in [-0.1, -0.05) is 5.11 Å². The summed E-state index contributed by atoms with van der Waals surface area (Å²) in [6.45, 7) is 1.93. The van der Waals surface area contributed by atoms with Crippen molar-refractivity contribution in [3.63, 3.8) is 0 Å². The summed E-state index contributed by atoms with van der Waals surface area (Å²) in [7, 11) is 0. The number of rotatable bonds is 4. The van der Waals surface area contributed by atoms with Gasteiger partial charge in [-0.05, 0) is 46.6 Å². The lowest BCUT2D eigenvalue weighted by Gasteiger charge is -1.99. The van der Waals surface area contributed by atoms with Crippen LogP contribution in [0, 0.1) is 0 Å². The lowest BCUT2D eigenvalue weighted by molar-refractivity contribution is -0.138. The van der Waals surface area contributed by atoms with Crippen LogP contribution in [0.4, 0.5) is 0 Å². The molecule has 0 aliphatic rings. The van der Waals surface area contributed by atoms with Crippen LogP contribution >= 0.6 is 27.3 Å². The van der Waals surface area contributed by atoms with E-state index < -0.39 is 5.97 Å². The Kier molecular flexibility index (Phi) is 5.04. The minimum absolute atomic E-state index is 0.0429. The monoisotopic (exact) mass is 301 g/mol. The lowest BCUT2D eigenvalue weighted by atomic mass is 10.3. The molecule has 0 aliphatic heterocycles. The van der Waals surface area contributed by atoms with Gasteiger partial charge < -0.3 is 4.74 Å². The minimum Gasteiger partial charge on any atom is -0.462 e. The van der Waals surface area contributed by atoms with Crippen molar-refractivity contribution in [3.8, 4) is 0 Å². The van der Waals surface area contributed by atoms with Gasteiger partial charge in [-0.3, -0.25) is 0 Å². The molecule has 0 amide bonds. The summed E-state index contributed by atoms with van der Waals surface area (Å²) in [6.07, 6.45) is 1.49. The second-order valence-corrected chi connectivity index (χ2v) is 5.08. The molecule has 0 fully saturated rings. The number of ether oxygens (including phenoxy) is 1. The van der Waals surface area contributed by atoms with Gasteiger partial charge in [0.15, 0.2) is 0 Å². The standard InChI is InChI=1S/C9H8BrN3O2S/c1-2-15-9(14)7(12-13-11)5-6-3-4-8(10)16-6/h3-5H,2H2,1H3/b7-5-. The van der Waals surface area contributed by atoms with E-state index in [9.17, 15) is 4.79 Å². The van der Waals surface area contributed by atoms with E-state index in [-0.39, 0.29) is 12.3 Å². The lowest BCUT2D eigenvalue weighted by Crippen LogP contribution is -2.05. The van der Waals surface area contributed by atoms with Gasteiger partial charge >= 0.3 is 5.97 Å². The van der Waals surface area contributed by atoms with Crippen LogP contribution in [0.15, 0.2) is 26.7 Å². The number of thiophene rings is 1. The van der Waals surface area contributed by atoms with Gasteiger partial charge in [-0.15, -0.1) is 11.3 Å². The van der Waals surface area contributed by atoms with Crippen molar-refractivity contribution in [2.24, 2.45) is 5.11 Å². The zero-order chi connectivity index (χ0) is 12.0. The normalized spacial score (nSPS) is 10.8. The molecule has 0 unspecified atom stereocenters. The summed E-state index contributed by atoms with van der Waals surface area (Å²) >= 11 is 4.73. The molecule has 0 saturated heterocycles. The first-order valence-corrected chi connectivity index (χ1v) is 5.97. The van der Waals surface area contributed by atoms with Crippen molar-refractivity contribution in [3.05, 3.63) is 36.9 Å². The number of nitrogens with zero attached hydrogens (tertiary/aromatic N) is 3. The molecule has 1 aromatic heterocycles. The Bertz CT molecular complexity index is 463. The molecule has 7 heteroatoms. The molecule has 1 heterocycles. The largest absolute Gasteiger partial charge is 0.462 e. The number of esters is 1. The summed E-state index contributed by atoms with van der Waals surface area (Å²) < 4.78 is 5.69. The van der Waals surface area contributed by atoms with Gasteiger partial charge in [0.05, 0.1) is 10.4 Å². The Labute approximate surface area is 104 Å². The maximum atomic E-state index is 11.4. The van der Waals surface area contributed by atoms with Crippen LogP contribution in [0.3, 0.4) is 0 Å². The Balaban J connectivity index is 2.97. The molecular formula is C9H8BrN3O2S. The molecule has 16 heavy (non-hydrogen) atoms. The molecule has 84 valence electrons. The van der Waals surface area contributed by atoms with E-state index in [4.69, 9.17) is 10.3 Å². The predicted molar refractivity (Wildman–Crippen MR) is 65.8 cm³/mol. The second kappa shape index (κ2) is 6.32. The Morgan fingerprint density at radius 2 is 2.50 bits per heavy atom. The van der Waals surface area contributed by atoms with E-state index in [0.717, 1.165) is 8.66 Å². The van der Waals surface area contributed by atoms with Gasteiger partial charge in [0.25, 0.3) is 0 Å². The molecule has 0 aliphatic carbocycles. The van der Waals surface area contributed by atoms with Gasteiger partial charge in [-0.25, -0.2) is 4.79 Å². The maximum absolute atomic E-state index is 11.4. The molecule has 0 N–H and O–H groups in total. The van der Waals surface area contributed by atoms with Gasteiger partial charge in [-0.2, -0.15) is 0 Å². The van der Waals surface area contributed by atoms with E-state index in [1.165, 1.54) is 17.4 Å². The van der Waals surface area contributed by atoms with Crippen LogP contribution in [-0.4, -0.2) is 12.6 Å². The highest BCUT2D eigenvalue weighted by Crippen LogP contribution is 2.24. The molecule has 0 aromatic carbocycles. The summed E-state index contributed by atoms with van der Waals surface area (Å²) in [5, 5.41) is 3.31. The average molecular weight is 302 g/mol. The van der Waals surface area contributed by atoms with Crippen LogP contribution in [0.1, 0.15) is 11.8 Å². The third kappa shape index (κ3) is 3.69. The Morgan fingerprint density at radius 3 is 3.00 bits per heavy atom. The Morgan fingerprint density at radius 1 is 1.75 bits per heavy atom. The van der Waals surface area contributed by atoms with Gasteiger partial charge in [0.2, 0.25) is 0 Å². The minimum atomic E-state index is -0.621. The topological polar surface area (TPSA) is 75.1 Å². The fraction of sp³-hybridized carbons (Fsp3) is 0.222. The highest BCUT2D eigenvalue weighted by Gasteiger charge is 2.09. The van der Waals surface area contributed by atoms with E-state index >= 15 is 0 Å². The first-order chi connectivity index (χ1) is 7.67. The zero-order valence-electron chi connectivity index (χ0n) is 8.38. The van der Waals surface area contributed by atoms with Crippen molar-refractivity contribution in [1.29, 1.82) is 0 Å². The predicted octanol–water partition coefficient (Wildman–Crippen LogP) is 3.72. The zero-order valence-corrected chi connectivity index (χ0v) is 10.8. The number of hydrogen-bond donors (Lipinski definition) is 0. The summed E-state index contributed by atoms with van der Waals surface area (Å²) in [6, 6.07) is 3.65. The summed E-state index contributed by atoms with van der Waals surface area (Å²) in [4.78, 5) is 14.8. The smallest absolute Gasteiger partial charge is 0.340 e. The van der Waals surface area contributed by atoms with E-state index in [1.807, 2.05) is 6.07 Å². The molecule has 1 aromatic rings. The molecule has 0 saturated carbocycles. The highest BCUT2D eigenvalue weighted by atomic mass is 79.9. The van der Waals surface area contributed by atoms with Gasteiger partial charge in [0, 0.05) is 9.79 Å². The number of carbonyl (C=O) groups excluding carboxylic acids is 1. The number of hydrogen-bond acceptors (Lipinski definition) is 4. The summed E-state index contributed by atoms with van der Waals surface area (Å²) in [5.74, 6) is -0.621. The fourth-order valence-electron chi connectivity index (χ4n) is 0.922. The highest BCUT2D eigenvalue weighted by molar-refractivity contribution is 9.11. The van der Waals surface area contributed by atoms with Crippen LogP contribution in [0.25, 0.3) is 16.5 Å². The van der Waals surface area contributed by atoms with Crippen molar-refractivity contribution in [1.82, 2.24) is 0 Å². The quantitative estimate of drug-likeness (QED) is 0.279. The van der Waals surface area contributed by atoms with Crippen LogP contribution in [-0.2, 0) is 9.53 Å². The average Bonchev–Trinajstić information content (AvgIpc) is 2.64. The third-order valence-electron chi connectivity index (χ3n) is 1.51. The van der Waals surface area contributed by atoms with Crippen molar-refractivity contribution < 1.29 is 9.53 Å². The molecule has 0 atom stereocenters. The van der Waals surface area contributed by atoms with E-state index in [2.05, 4.69) is 26.0 Å².